The number of ether oxygens (including phenoxy) is 1. The third-order valence-corrected chi connectivity index (χ3v) is 2.44. The lowest BCUT2D eigenvalue weighted by Gasteiger charge is -1.97. The Balaban J connectivity index is 2.21. The molecule has 0 amide bonds. The van der Waals surface area contributed by atoms with E-state index < -0.39 is 0 Å². The number of carbonyl (C=O) groups is 1. The largest absolute Gasteiger partial charge is 0.463 e. The van der Waals surface area contributed by atoms with Gasteiger partial charge in [0.15, 0.2) is 0 Å². The van der Waals surface area contributed by atoms with Crippen LogP contribution in [0, 0.1) is 0 Å². The van der Waals surface area contributed by atoms with Crippen molar-refractivity contribution >= 4 is 5.97 Å². The summed E-state index contributed by atoms with van der Waals surface area (Å²) < 4.78 is 4.77. The lowest BCUT2D eigenvalue weighted by atomic mass is 10.1. The second-order valence-corrected chi connectivity index (χ2v) is 3.88. The molecule has 0 aromatic carbocycles. The van der Waals surface area contributed by atoms with Gasteiger partial charge in [-0.1, -0.05) is 54.2 Å². The summed E-state index contributed by atoms with van der Waals surface area (Å²) in [5, 5.41) is 0. The van der Waals surface area contributed by atoms with Crippen LogP contribution in [-0.2, 0) is 9.53 Å². The first kappa shape index (κ1) is 14.2. The first-order valence-electron chi connectivity index (χ1n) is 6.35. The Labute approximate surface area is 109 Å². The highest BCUT2D eigenvalue weighted by molar-refractivity contribution is 5.82. The van der Waals surface area contributed by atoms with E-state index in [9.17, 15) is 4.79 Å². The number of hydrogen-bond donors (Lipinski definition) is 0. The molecule has 0 aromatic heterocycles. The number of rotatable bonds is 6. The summed E-state index contributed by atoms with van der Waals surface area (Å²) >= 11 is 0. The molecule has 0 atom stereocenters. The molecule has 0 N–H and O–H groups in total. The first-order chi connectivity index (χ1) is 8.83. The van der Waals surface area contributed by atoms with Crippen molar-refractivity contribution in [2.75, 3.05) is 6.61 Å². The summed E-state index contributed by atoms with van der Waals surface area (Å²) in [4.78, 5) is 11.0. The molecule has 0 heterocycles. The monoisotopic (exact) mass is 244 g/mol. The molecule has 2 heteroatoms. The molecule has 0 aliphatic heterocycles. The third kappa shape index (κ3) is 6.69. The predicted octanol–water partition coefficient (Wildman–Crippen LogP) is 3.88. The van der Waals surface area contributed by atoms with Gasteiger partial charge in [0, 0.05) is 6.08 Å². The summed E-state index contributed by atoms with van der Waals surface area (Å²) in [6, 6.07) is 0. The van der Waals surface area contributed by atoms with E-state index in [0.717, 1.165) is 19.3 Å². The molecule has 0 saturated carbocycles. The van der Waals surface area contributed by atoms with Crippen LogP contribution in [0.25, 0.3) is 0 Å². The van der Waals surface area contributed by atoms with E-state index in [-0.39, 0.29) is 5.97 Å². The number of allylic oxidation sites excluding steroid dienone is 9. The minimum Gasteiger partial charge on any atom is -0.463 e. The summed E-state index contributed by atoms with van der Waals surface area (Å²) in [6.07, 6.45) is 20.8. The highest BCUT2D eigenvalue weighted by Gasteiger charge is 1.92. The van der Waals surface area contributed by atoms with Crippen molar-refractivity contribution in [3.8, 4) is 0 Å². The van der Waals surface area contributed by atoms with E-state index in [1.807, 2.05) is 6.08 Å². The van der Waals surface area contributed by atoms with Crippen molar-refractivity contribution < 1.29 is 9.53 Å². The lowest BCUT2D eigenvalue weighted by Crippen LogP contribution is -1.98. The zero-order valence-corrected chi connectivity index (χ0v) is 10.8. The Morgan fingerprint density at radius 1 is 1.39 bits per heavy atom. The van der Waals surface area contributed by atoms with Crippen LogP contribution in [0.1, 0.15) is 26.2 Å². The number of hydrogen-bond acceptors (Lipinski definition) is 2. The molecular weight excluding hydrogens is 224 g/mol. The maximum absolute atomic E-state index is 11.0. The molecule has 18 heavy (non-hydrogen) atoms. The quantitative estimate of drug-likeness (QED) is 0.402. The van der Waals surface area contributed by atoms with E-state index in [4.69, 9.17) is 4.74 Å². The minimum atomic E-state index is -0.289. The predicted molar refractivity (Wildman–Crippen MR) is 75.1 cm³/mol. The zero-order chi connectivity index (χ0) is 13.1. The minimum absolute atomic E-state index is 0.289. The summed E-state index contributed by atoms with van der Waals surface area (Å²) in [6.45, 7) is 2.21. The SMILES string of the molecule is CCOC(=O)/C=C/C=C/CCC1=CCC=CC=C1. The Morgan fingerprint density at radius 3 is 3.11 bits per heavy atom. The van der Waals surface area contributed by atoms with Gasteiger partial charge in [-0.05, 0) is 26.2 Å². The van der Waals surface area contributed by atoms with Crippen molar-refractivity contribution in [2.45, 2.75) is 26.2 Å². The lowest BCUT2D eigenvalue weighted by molar-refractivity contribution is -0.137. The van der Waals surface area contributed by atoms with E-state index in [1.54, 1.807) is 13.0 Å². The van der Waals surface area contributed by atoms with Crippen molar-refractivity contribution in [3.63, 3.8) is 0 Å². The summed E-state index contributed by atoms with van der Waals surface area (Å²) in [5.74, 6) is -0.289. The van der Waals surface area contributed by atoms with Gasteiger partial charge >= 0.3 is 5.97 Å². The molecule has 1 aliphatic rings. The fourth-order valence-corrected chi connectivity index (χ4v) is 1.56. The molecule has 0 bridgehead atoms. The average Bonchev–Trinajstić information content (AvgIpc) is 2.62. The van der Waals surface area contributed by atoms with Crippen LogP contribution in [0.2, 0.25) is 0 Å². The van der Waals surface area contributed by atoms with E-state index in [1.165, 1.54) is 11.6 Å². The van der Waals surface area contributed by atoms with Crippen molar-refractivity contribution in [2.24, 2.45) is 0 Å². The Kier molecular flexibility index (Phi) is 7.29. The second-order valence-electron chi connectivity index (χ2n) is 3.88. The normalized spacial score (nSPS) is 15.1. The number of esters is 1. The summed E-state index contributed by atoms with van der Waals surface area (Å²) in [5.41, 5.74) is 1.36. The van der Waals surface area contributed by atoms with E-state index in [0.29, 0.717) is 6.61 Å². The Morgan fingerprint density at radius 2 is 2.28 bits per heavy atom. The molecule has 0 fully saturated rings. The molecular formula is C16H20O2. The van der Waals surface area contributed by atoms with Crippen LogP contribution in [0.5, 0.6) is 0 Å². The second kappa shape index (κ2) is 9.23. The number of carbonyl (C=O) groups excluding carboxylic acids is 1. The van der Waals surface area contributed by atoms with Gasteiger partial charge in [-0.15, -0.1) is 0 Å². The van der Waals surface area contributed by atoms with E-state index in [2.05, 4.69) is 36.5 Å². The third-order valence-electron chi connectivity index (χ3n) is 2.44. The molecule has 0 aromatic rings. The molecule has 0 unspecified atom stereocenters. The molecule has 1 rings (SSSR count). The van der Waals surface area contributed by atoms with Gasteiger partial charge in [0.2, 0.25) is 0 Å². The molecule has 0 spiro atoms. The fraction of sp³-hybridized carbons (Fsp3) is 0.312. The molecule has 0 saturated heterocycles. The topological polar surface area (TPSA) is 26.3 Å². The van der Waals surface area contributed by atoms with Crippen LogP contribution in [0.3, 0.4) is 0 Å². The zero-order valence-electron chi connectivity index (χ0n) is 10.8. The van der Waals surface area contributed by atoms with Gasteiger partial charge < -0.3 is 4.74 Å². The van der Waals surface area contributed by atoms with Crippen LogP contribution < -0.4 is 0 Å². The Hall–Kier alpha value is -1.83. The maximum Gasteiger partial charge on any atom is 0.330 e. The average molecular weight is 244 g/mol. The van der Waals surface area contributed by atoms with Gasteiger partial charge in [0.1, 0.15) is 0 Å². The summed E-state index contributed by atoms with van der Waals surface area (Å²) in [7, 11) is 0. The van der Waals surface area contributed by atoms with Gasteiger partial charge in [-0.3, -0.25) is 0 Å². The molecule has 96 valence electrons. The molecule has 2 nitrogen and oxygen atoms in total. The fourth-order valence-electron chi connectivity index (χ4n) is 1.56. The smallest absolute Gasteiger partial charge is 0.330 e. The van der Waals surface area contributed by atoms with E-state index >= 15 is 0 Å². The van der Waals surface area contributed by atoms with Crippen LogP contribution in [0.15, 0.2) is 60.3 Å². The van der Waals surface area contributed by atoms with Crippen molar-refractivity contribution in [3.05, 3.63) is 60.3 Å². The van der Waals surface area contributed by atoms with Crippen LogP contribution in [0.4, 0.5) is 0 Å². The molecule has 1 aliphatic carbocycles. The van der Waals surface area contributed by atoms with Gasteiger partial charge in [0.05, 0.1) is 6.61 Å². The highest BCUT2D eigenvalue weighted by atomic mass is 16.5. The standard InChI is InChI=1S/C16H20O2/c1-2-18-16(17)14-10-6-5-9-13-15-11-7-3-4-8-12-15/h3-7,10-12,14H,2,8-9,13H2,1H3/b6-5+,14-10+. The van der Waals surface area contributed by atoms with Crippen LogP contribution in [-0.4, -0.2) is 12.6 Å². The first-order valence-corrected chi connectivity index (χ1v) is 6.35. The van der Waals surface area contributed by atoms with Gasteiger partial charge in [-0.2, -0.15) is 0 Å². The van der Waals surface area contributed by atoms with Crippen molar-refractivity contribution in [1.29, 1.82) is 0 Å². The van der Waals surface area contributed by atoms with Gasteiger partial charge in [0.25, 0.3) is 0 Å². The van der Waals surface area contributed by atoms with Crippen molar-refractivity contribution in [1.82, 2.24) is 0 Å². The molecule has 0 radical (unpaired) electrons. The van der Waals surface area contributed by atoms with Crippen LogP contribution >= 0.6 is 0 Å². The van der Waals surface area contributed by atoms with Gasteiger partial charge in [-0.25, -0.2) is 4.79 Å². The Bertz CT molecular complexity index is 395. The maximum atomic E-state index is 11.0. The highest BCUT2D eigenvalue weighted by Crippen LogP contribution is 2.11.